The molecule has 2 nitrogen and oxygen atoms in total. The van der Waals surface area contributed by atoms with Crippen molar-refractivity contribution in [1.82, 2.24) is 9.80 Å². The molecule has 0 radical (unpaired) electrons. The maximum absolute atomic E-state index is 2.97. The van der Waals surface area contributed by atoms with Gasteiger partial charge in [-0.05, 0) is 0 Å². The van der Waals surface area contributed by atoms with Crippen molar-refractivity contribution in [3.05, 3.63) is 0 Å². The maximum atomic E-state index is 2.97. The topological polar surface area (TPSA) is 6.48 Å². The molecule has 0 saturated heterocycles. The van der Waals surface area contributed by atoms with E-state index in [0.717, 1.165) is 13.1 Å². The van der Waals surface area contributed by atoms with Crippen LogP contribution in [0.15, 0.2) is 0 Å². The van der Waals surface area contributed by atoms with E-state index in [0.29, 0.717) is 0 Å². The summed E-state index contributed by atoms with van der Waals surface area (Å²) in [5, 5.41) is 0. The Bertz CT molecular complexity index is 263. The molecule has 0 saturated carbocycles. The zero-order chi connectivity index (χ0) is 17.4. The number of rotatable bonds is 12. The van der Waals surface area contributed by atoms with Crippen LogP contribution in [0.3, 0.4) is 0 Å². The van der Waals surface area contributed by atoms with Gasteiger partial charge < -0.3 is 0 Å². The second-order valence-electron chi connectivity index (χ2n) is 5.50. The molecule has 0 unspecified atom stereocenters. The van der Waals surface area contributed by atoms with Crippen LogP contribution in [0.1, 0.15) is 65.2 Å². The van der Waals surface area contributed by atoms with Gasteiger partial charge in [-0.15, -0.1) is 0 Å². The van der Waals surface area contributed by atoms with Crippen molar-refractivity contribution in [1.29, 1.82) is 0 Å². The van der Waals surface area contributed by atoms with Crippen LogP contribution in [0.5, 0.6) is 0 Å². The summed E-state index contributed by atoms with van der Waals surface area (Å²) in [6.07, 6.45) is 10.7. The molecular formula is C16H32CdN2Se4. The number of hydrogen-bond donors (Lipinski definition) is 0. The van der Waals surface area contributed by atoms with Crippen molar-refractivity contribution < 1.29 is 27.3 Å². The average Bonchev–Trinajstić information content (AvgIpc) is 2.48. The quantitative estimate of drug-likeness (QED) is 0.230. The van der Waals surface area contributed by atoms with Gasteiger partial charge >= 0.3 is 200 Å². The predicted molar refractivity (Wildman–Crippen MR) is 107 cm³/mol. The second kappa shape index (κ2) is 22.4. The first kappa shape index (κ1) is 30.1. The van der Waals surface area contributed by atoms with Gasteiger partial charge in [-0.25, -0.2) is 0 Å². The molecule has 0 bridgehead atoms. The van der Waals surface area contributed by atoms with Gasteiger partial charge in [0, 0.05) is 0 Å². The zero-order valence-corrected chi connectivity index (χ0v) is 26.2. The summed E-state index contributed by atoms with van der Waals surface area (Å²) >= 11 is 11.9. The minimum Gasteiger partial charge on any atom is 2.00 e. The van der Waals surface area contributed by atoms with Gasteiger partial charge in [0.25, 0.3) is 0 Å². The van der Waals surface area contributed by atoms with Crippen LogP contribution in [-0.4, -0.2) is 107 Å². The molecule has 0 rings (SSSR count). The predicted octanol–water partition coefficient (Wildman–Crippen LogP) is 1.84. The third kappa shape index (κ3) is 24.3. The van der Waals surface area contributed by atoms with Crippen molar-refractivity contribution in [3.8, 4) is 0 Å². The maximum Gasteiger partial charge on any atom is 2.00 e. The van der Waals surface area contributed by atoms with Crippen molar-refractivity contribution in [2.45, 2.75) is 65.2 Å². The Morgan fingerprint density at radius 3 is 1.22 bits per heavy atom. The Kier molecular flexibility index (Phi) is 29.3. The van der Waals surface area contributed by atoms with E-state index in [-0.39, 0.29) is 27.3 Å². The zero-order valence-electron chi connectivity index (χ0n) is 15.3. The molecule has 0 fully saturated rings. The van der Waals surface area contributed by atoms with Gasteiger partial charge in [0.2, 0.25) is 0 Å². The summed E-state index contributed by atoms with van der Waals surface area (Å²) in [4.78, 5) is 4.44. The van der Waals surface area contributed by atoms with Crippen LogP contribution in [0, 0.1) is 0 Å². The van der Waals surface area contributed by atoms with Gasteiger partial charge in [-0.2, -0.15) is 0 Å². The summed E-state index contributed by atoms with van der Waals surface area (Å²) in [6.45, 7) is 6.80. The molecule has 0 spiro atoms. The minimum absolute atomic E-state index is 0. The van der Waals surface area contributed by atoms with Crippen molar-refractivity contribution in [2.24, 2.45) is 0 Å². The monoisotopic (exact) mass is 686 g/mol. The smallest absolute Gasteiger partial charge is 2.00 e. The third-order valence-corrected chi connectivity index (χ3v) is 5.93. The second-order valence-corrected chi connectivity index (χ2v) is 11.4. The first-order chi connectivity index (χ1) is 10.4. The first-order valence-electron chi connectivity index (χ1n) is 8.20. The van der Waals surface area contributed by atoms with E-state index < -0.39 is 0 Å². The van der Waals surface area contributed by atoms with Crippen molar-refractivity contribution >= 4 is 70.1 Å². The van der Waals surface area contributed by atoms with E-state index >= 15 is 0 Å². The Balaban J connectivity index is -0.000000333. The van der Waals surface area contributed by atoms with E-state index in [2.05, 4.69) is 101 Å². The fourth-order valence-electron chi connectivity index (χ4n) is 1.73. The molecule has 0 heterocycles. The van der Waals surface area contributed by atoms with Crippen LogP contribution in [-0.2, 0) is 27.3 Å². The van der Waals surface area contributed by atoms with E-state index in [1.807, 2.05) is 0 Å². The van der Waals surface area contributed by atoms with Gasteiger partial charge in [0.05, 0.1) is 0 Å². The molecule has 0 aromatic carbocycles. The molecule has 0 atom stereocenters. The van der Waals surface area contributed by atoms with Crippen LogP contribution < -0.4 is 0 Å². The van der Waals surface area contributed by atoms with E-state index in [1.165, 1.54) is 58.2 Å². The number of unbranched alkanes of at least 4 members (excludes halogenated alkanes) is 6. The SMILES string of the molecule is CCCCCCN(C)C(=[Se])[Se-].CCCCCCN(C)C(=[Se])[Se-].[Cd+2]. The number of nitrogens with zero attached hydrogens (tertiary/aromatic N) is 2. The molecule has 0 aliphatic heterocycles. The molecule has 0 aromatic heterocycles. The molecule has 7 heteroatoms. The molecule has 0 aliphatic carbocycles. The first-order valence-corrected chi connectivity index (χ1v) is 11.6. The van der Waals surface area contributed by atoms with E-state index in [9.17, 15) is 0 Å². The van der Waals surface area contributed by atoms with Crippen LogP contribution in [0.25, 0.3) is 0 Å². The Labute approximate surface area is 197 Å². The Hall–Kier alpha value is 2.34. The summed E-state index contributed by atoms with van der Waals surface area (Å²) in [6, 6.07) is 0. The van der Waals surface area contributed by atoms with Gasteiger partial charge in [-0.1, -0.05) is 0 Å². The standard InChI is InChI=1S/2C8H17NSe2.Cd/c2*1-3-4-5-6-7-9(2)8(10)11;/h2*3-7H2,1-2H3,(H,10,11);/q;;+2/p-2. The normalized spacial score (nSPS) is 9.22. The van der Waals surface area contributed by atoms with Crippen molar-refractivity contribution in [2.75, 3.05) is 27.2 Å². The van der Waals surface area contributed by atoms with Gasteiger partial charge in [-0.3, -0.25) is 0 Å². The molecular weight excluding hydrogens is 648 g/mol. The Morgan fingerprint density at radius 1 is 0.696 bits per heavy atom. The fraction of sp³-hybridized carbons (Fsp3) is 0.875. The summed E-state index contributed by atoms with van der Waals surface area (Å²) in [5.41, 5.74) is 0. The Morgan fingerprint density at radius 2 is 1.00 bits per heavy atom. The number of hydrogen-bond acceptors (Lipinski definition) is 2. The van der Waals surface area contributed by atoms with E-state index in [1.54, 1.807) is 0 Å². The van der Waals surface area contributed by atoms with Crippen LogP contribution in [0.2, 0.25) is 0 Å². The van der Waals surface area contributed by atoms with E-state index in [4.69, 9.17) is 0 Å². The fourth-order valence-corrected chi connectivity index (χ4v) is 2.50. The molecule has 23 heavy (non-hydrogen) atoms. The van der Waals surface area contributed by atoms with Gasteiger partial charge in [0.15, 0.2) is 0 Å². The summed E-state index contributed by atoms with van der Waals surface area (Å²) in [7, 11) is 4.21. The third-order valence-electron chi connectivity index (χ3n) is 3.32. The largest absolute Gasteiger partial charge is 2.00 e. The van der Waals surface area contributed by atoms with Crippen LogP contribution in [0.4, 0.5) is 0 Å². The van der Waals surface area contributed by atoms with Crippen molar-refractivity contribution in [3.63, 3.8) is 0 Å². The average molecular weight is 681 g/mol. The molecule has 0 aromatic rings. The van der Waals surface area contributed by atoms with Gasteiger partial charge in [0.1, 0.15) is 0 Å². The summed E-state index contributed by atoms with van der Waals surface area (Å²) < 4.78 is 2.34. The molecule has 0 aliphatic rings. The summed E-state index contributed by atoms with van der Waals surface area (Å²) in [5.74, 6) is 0. The minimum atomic E-state index is 0. The molecule has 0 N–H and O–H groups in total. The van der Waals surface area contributed by atoms with Crippen LogP contribution >= 0.6 is 0 Å². The molecule has 0 amide bonds. The molecule has 132 valence electrons.